The summed E-state index contributed by atoms with van der Waals surface area (Å²) in [6.45, 7) is 1.68. The summed E-state index contributed by atoms with van der Waals surface area (Å²) in [4.78, 5) is 23.8. The van der Waals surface area contributed by atoms with Crippen molar-refractivity contribution in [3.63, 3.8) is 0 Å². The van der Waals surface area contributed by atoms with E-state index in [1.807, 2.05) is 6.92 Å². The summed E-state index contributed by atoms with van der Waals surface area (Å²) in [5.74, 6) is -1.04. The van der Waals surface area contributed by atoms with Crippen molar-refractivity contribution in [3.8, 4) is 5.75 Å². The smallest absolute Gasteiger partial charge is 0.323 e. The van der Waals surface area contributed by atoms with E-state index in [-0.39, 0.29) is 19.1 Å². The molecular weight excluding hydrogens is 350 g/mol. The van der Waals surface area contributed by atoms with Crippen LogP contribution in [-0.4, -0.2) is 41.6 Å². The van der Waals surface area contributed by atoms with Crippen LogP contribution < -0.4 is 4.74 Å². The molecule has 0 spiro atoms. The van der Waals surface area contributed by atoms with Gasteiger partial charge in [0.05, 0.1) is 5.02 Å². The van der Waals surface area contributed by atoms with Gasteiger partial charge in [-0.2, -0.15) is 0 Å². The Morgan fingerprint density at radius 1 is 1.45 bits per heavy atom. The highest BCUT2D eigenvalue weighted by Crippen LogP contribution is 2.27. The van der Waals surface area contributed by atoms with Crippen molar-refractivity contribution >= 4 is 39.4 Å². The third kappa shape index (κ3) is 5.38. The number of nitrogens with zero attached hydrogens (tertiary/aromatic N) is 1. The van der Waals surface area contributed by atoms with Crippen LogP contribution in [0.15, 0.2) is 22.7 Å². The minimum atomic E-state index is -1.05. The maximum atomic E-state index is 11.9. The number of benzene rings is 1. The minimum absolute atomic E-state index is 0.241. The number of ether oxygens (including phenoxy) is 1. The second-order valence-corrected chi connectivity index (χ2v) is 5.40. The quantitative estimate of drug-likeness (QED) is 0.808. The number of halogens is 2. The highest BCUT2D eigenvalue weighted by molar-refractivity contribution is 9.10. The lowest BCUT2D eigenvalue weighted by molar-refractivity contribution is -0.145. The topological polar surface area (TPSA) is 66.8 Å². The number of aliphatic carboxylic acids is 1. The van der Waals surface area contributed by atoms with E-state index in [0.717, 1.165) is 4.47 Å². The maximum absolute atomic E-state index is 11.9. The van der Waals surface area contributed by atoms with Crippen molar-refractivity contribution in [1.29, 1.82) is 0 Å². The largest absolute Gasteiger partial charge is 0.482 e. The minimum Gasteiger partial charge on any atom is -0.482 e. The Bertz CT molecular complexity index is 495. The second-order valence-electron chi connectivity index (χ2n) is 4.07. The number of carboxylic acids is 1. The number of hydrogen-bond acceptors (Lipinski definition) is 3. The molecule has 0 aliphatic heterocycles. The first-order valence-corrected chi connectivity index (χ1v) is 7.18. The fourth-order valence-corrected chi connectivity index (χ4v) is 2.28. The zero-order chi connectivity index (χ0) is 15.1. The predicted octanol–water partition coefficient (Wildman–Crippen LogP) is 2.80. The van der Waals surface area contributed by atoms with Gasteiger partial charge >= 0.3 is 5.97 Å². The molecule has 0 fully saturated rings. The molecule has 5 nitrogen and oxygen atoms in total. The number of carbonyl (C=O) groups excluding carboxylic acids is 1. The van der Waals surface area contributed by atoms with E-state index in [0.29, 0.717) is 23.7 Å². The summed E-state index contributed by atoms with van der Waals surface area (Å²) in [7, 11) is 0. The van der Waals surface area contributed by atoms with Gasteiger partial charge in [-0.25, -0.2) is 0 Å². The average Bonchev–Trinajstić information content (AvgIpc) is 2.36. The van der Waals surface area contributed by atoms with E-state index in [4.69, 9.17) is 21.4 Å². The van der Waals surface area contributed by atoms with Gasteiger partial charge in [-0.15, -0.1) is 0 Å². The maximum Gasteiger partial charge on any atom is 0.323 e. The number of amides is 1. The lowest BCUT2D eigenvalue weighted by Gasteiger charge is -2.20. The summed E-state index contributed by atoms with van der Waals surface area (Å²) in [5, 5.41) is 9.14. The molecule has 0 aliphatic carbocycles. The van der Waals surface area contributed by atoms with Crippen LogP contribution in [0.5, 0.6) is 5.75 Å². The molecule has 0 heterocycles. The number of rotatable bonds is 7. The van der Waals surface area contributed by atoms with Crippen molar-refractivity contribution < 1.29 is 19.4 Å². The molecule has 0 bridgehead atoms. The van der Waals surface area contributed by atoms with E-state index in [1.165, 1.54) is 4.90 Å². The van der Waals surface area contributed by atoms with Gasteiger partial charge in [-0.3, -0.25) is 9.59 Å². The highest BCUT2D eigenvalue weighted by atomic mass is 79.9. The van der Waals surface area contributed by atoms with Gasteiger partial charge in [0, 0.05) is 11.0 Å². The number of carbonyl (C=O) groups is 2. The molecule has 0 saturated carbocycles. The molecule has 1 N–H and O–H groups in total. The van der Waals surface area contributed by atoms with E-state index in [1.54, 1.807) is 18.2 Å². The average molecular weight is 365 g/mol. The van der Waals surface area contributed by atoms with Crippen LogP contribution >= 0.6 is 27.5 Å². The van der Waals surface area contributed by atoms with Crippen molar-refractivity contribution in [3.05, 3.63) is 27.7 Å². The van der Waals surface area contributed by atoms with Gasteiger partial charge in [-0.1, -0.05) is 34.5 Å². The molecule has 0 unspecified atom stereocenters. The fraction of sp³-hybridized carbons (Fsp3) is 0.385. The number of hydrogen-bond donors (Lipinski definition) is 1. The summed E-state index contributed by atoms with van der Waals surface area (Å²) in [5.41, 5.74) is 0. The molecule has 0 aliphatic rings. The van der Waals surface area contributed by atoms with Gasteiger partial charge in [0.25, 0.3) is 5.91 Å². The molecule has 110 valence electrons. The molecule has 0 saturated heterocycles. The summed E-state index contributed by atoms with van der Waals surface area (Å²) in [6, 6.07) is 5.04. The summed E-state index contributed by atoms with van der Waals surface area (Å²) in [6.07, 6.45) is 0.679. The van der Waals surface area contributed by atoms with Gasteiger partial charge < -0.3 is 14.7 Å². The first kappa shape index (κ1) is 16.8. The van der Waals surface area contributed by atoms with Gasteiger partial charge in [0.2, 0.25) is 0 Å². The molecule has 0 aromatic heterocycles. The summed E-state index contributed by atoms with van der Waals surface area (Å²) < 4.78 is 6.13. The first-order chi connectivity index (χ1) is 9.43. The van der Waals surface area contributed by atoms with Gasteiger partial charge in [-0.05, 0) is 24.6 Å². The lowest BCUT2D eigenvalue weighted by atomic mass is 10.3. The van der Waals surface area contributed by atoms with Gasteiger partial charge in [0.1, 0.15) is 12.3 Å². The van der Waals surface area contributed by atoms with Crippen LogP contribution in [-0.2, 0) is 9.59 Å². The van der Waals surface area contributed by atoms with Crippen LogP contribution in [0.1, 0.15) is 13.3 Å². The third-order valence-corrected chi connectivity index (χ3v) is 3.21. The van der Waals surface area contributed by atoms with Crippen LogP contribution in [0.2, 0.25) is 5.02 Å². The first-order valence-electron chi connectivity index (χ1n) is 6.01. The third-order valence-electron chi connectivity index (χ3n) is 2.42. The van der Waals surface area contributed by atoms with E-state index in [2.05, 4.69) is 15.9 Å². The van der Waals surface area contributed by atoms with Crippen molar-refractivity contribution in [2.75, 3.05) is 19.7 Å². The predicted molar refractivity (Wildman–Crippen MR) is 79.2 cm³/mol. The Hall–Kier alpha value is -1.27. The molecule has 20 heavy (non-hydrogen) atoms. The normalized spacial score (nSPS) is 10.2. The molecular formula is C13H15BrClNO4. The summed E-state index contributed by atoms with van der Waals surface area (Å²) >= 11 is 9.23. The van der Waals surface area contributed by atoms with Gasteiger partial charge in [0.15, 0.2) is 6.61 Å². The monoisotopic (exact) mass is 363 g/mol. The molecule has 0 radical (unpaired) electrons. The van der Waals surface area contributed by atoms with Crippen LogP contribution in [0.3, 0.4) is 0 Å². The molecule has 1 rings (SSSR count). The lowest BCUT2D eigenvalue weighted by Crippen LogP contribution is -2.39. The van der Waals surface area contributed by atoms with E-state index in [9.17, 15) is 9.59 Å². The number of carboxylic acid groups (broad SMARTS) is 1. The molecule has 1 amide bonds. The molecule has 1 aromatic rings. The molecule has 7 heteroatoms. The zero-order valence-corrected chi connectivity index (χ0v) is 13.3. The van der Waals surface area contributed by atoms with E-state index >= 15 is 0 Å². The zero-order valence-electron chi connectivity index (χ0n) is 10.9. The fourth-order valence-electron chi connectivity index (χ4n) is 1.55. The van der Waals surface area contributed by atoms with Crippen LogP contribution in [0.25, 0.3) is 0 Å². The van der Waals surface area contributed by atoms with Crippen LogP contribution in [0.4, 0.5) is 0 Å². The Morgan fingerprint density at radius 3 is 2.70 bits per heavy atom. The van der Waals surface area contributed by atoms with E-state index < -0.39 is 5.97 Å². The van der Waals surface area contributed by atoms with Crippen molar-refractivity contribution in [2.24, 2.45) is 0 Å². The second kappa shape index (κ2) is 8.11. The van der Waals surface area contributed by atoms with Crippen LogP contribution in [0, 0.1) is 0 Å². The highest BCUT2D eigenvalue weighted by Gasteiger charge is 2.16. The van der Waals surface area contributed by atoms with Crippen molar-refractivity contribution in [2.45, 2.75) is 13.3 Å². The van der Waals surface area contributed by atoms with Crippen molar-refractivity contribution in [1.82, 2.24) is 4.90 Å². The standard InChI is InChI=1S/C13H15BrClNO4/c1-2-5-16(7-13(18)19)12(17)8-20-11-4-3-9(14)6-10(11)15/h3-4,6H,2,5,7-8H2,1H3,(H,18,19). The molecule has 1 aromatic carbocycles. The Balaban J connectivity index is 2.62. The SMILES string of the molecule is CCCN(CC(=O)O)C(=O)COc1ccc(Br)cc1Cl. The Kier molecular flexibility index (Phi) is 6.81. The molecule has 0 atom stereocenters. The Labute approximate surface area is 130 Å². The Morgan fingerprint density at radius 2 is 2.15 bits per heavy atom.